The number of rotatable bonds is 6. The van der Waals surface area contributed by atoms with Gasteiger partial charge in [0.1, 0.15) is 11.5 Å². The van der Waals surface area contributed by atoms with Crippen molar-refractivity contribution < 1.29 is 9.47 Å². The van der Waals surface area contributed by atoms with Gasteiger partial charge in [-0.25, -0.2) is 0 Å². The summed E-state index contributed by atoms with van der Waals surface area (Å²) in [6.45, 7) is 5.17. The van der Waals surface area contributed by atoms with E-state index in [-0.39, 0.29) is 0 Å². The van der Waals surface area contributed by atoms with Gasteiger partial charge in [0, 0.05) is 35.9 Å². The molecule has 0 aliphatic heterocycles. The Labute approximate surface area is 142 Å². The summed E-state index contributed by atoms with van der Waals surface area (Å²) in [7, 11) is 0. The molecule has 2 heterocycles. The van der Waals surface area contributed by atoms with Crippen LogP contribution in [0.4, 0.5) is 0 Å². The monoisotopic (exact) mass is 320 g/mol. The molecule has 4 heteroatoms. The number of hydrogen-bond donors (Lipinski definition) is 0. The summed E-state index contributed by atoms with van der Waals surface area (Å²) in [5.74, 6) is 1.66. The maximum Gasteiger partial charge on any atom is 0.127 e. The van der Waals surface area contributed by atoms with Crippen molar-refractivity contribution in [2.45, 2.75) is 13.8 Å². The number of aromatic nitrogens is 2. The largest absolute Gasteiger partial charge is 0.493 e. The summed E-state index contributed by atoms with van der Waals surface area (Å²) >= 11 is 0. The van der Waals surface area contributed by atoms with E-state index in [2.05, 4.69) is 9.97 Å². The standard InChI is InChI=1S/C20H20N2O2/c1-3-23-19-13-18(16-7-11-22-12-8-16)20(24-4-2)14-17(19)15-5-9-21-10-6-15/h5-14H,3-4H2,1-2H3. The normalized spacial score (nSPS) is 10.4. The molecule has 122 valence electrons. The van der Waals surface area contributed by atoms with Crippen molar-refractivity contribution in [1.29, 1.82) is 0 Å². The van der Waals surface area contributed by atoms with Crippen LogP contribution in [0.25, 0.3) is 22.3 Å². The van der Waals surface area contributed by atoms with Crippen LogP contribution < -0.4 is 9.47 Å². The summed E-state index contributed by atoms with van der Waals surface area (Å²) in [6, 6.07) is 12.0. The molecule has 0 atom stereocenters. The van der Waals surface area contributed by atoms with Crippen LogP contribution in [0.3, 0.4) is 0 Å². The Bertz CT molecular complexity index is 720. The molecule has 0 fully saturated rings. The summed E-state index contributed by atoms with van der Waals surface area (Å²) in [5, 5.41) is 0. The molecule has 0 amide bonds. The number of pyridine rings is 2. The molecule has 0 radical (unpaired) electrons. The highest BCUT2D eigenvalue weighted by molar-refractivity contribution is 5.81. The lowest BCUT2D eigenvalue weighted by atomic mass is 9.99. The average Bonchev–Trinajstić information content (AvgIpc) is 2.64. The van der Waals surface area contributed by atoms with E-state index in [0.29, 0.717) is 13.2 Å². The van der Waals surface area contributed by atoms with Gasteiger partial charge in [0.25, 0.3) is 0 Å². The molecule has 0 spiro atoms. The molecule has 0 saturated carbocycles. The summed E-state index contributed by atoms with van der Waals surface area (Å²) in [5.41, 5.74) is 4.10. The lowest BCUT2D eigenvalue weighted by Gasteiger charge is -2.17. The maximum absolute atomic E-state index is 5.90. The second-order valence-corrected chi connectivity index (χ2v) is 5.18. The van der Waals surface area contributed by atoms with E-state index >= 15 is 0 Å². The van der Waals surface area contributed by atoms with Gasteiger partial charge in [-0.15, -0.1) is 0 Å². The van der Waals surface area contributed by atoms with Crippen LogP contribution in [-0.4, -0.2) is 23.2 Å². The van der Waals surface area contributed by atoms with E-state index in [1.165, 1.54) is 0 Å². The minimum Gasteiger partial charge on any atom is -0.493 e. The van der Waals surface area contributed by atoms with Crippen LogP contribution in [0.2, 0.25) is 0 Å². The van der Waals surface area contributed by atoms with E-state index in [1.807, 2.05) is 50.2 Å². The Kier molecular flexibility index (Phi) is 5.06. The lowest BCUT2D eigenvalue weighted by Crippen LogP contribution is -1.99. The summed E-state index contributed by atoms with van der Waals surface area (Å²) in [4.78, 5) is 8.18. The number of ether oxygens (including phenoxy) is 2. The highest BCUT2D eigenvalue weighted by atomic mass is 16.5. The summed E-state index contributed by atoms with van der Waals surface area (Å²) < 4.78 is 11.8. The Balaban J connectivity index is 2.19. The zero-order valence-corrected chi connectivity index (χ0v) is 13.9. The first kappa shape index (κ1) is 16.0. The number of nitrogens with zero attached hydrogens (tertiary/aromatic N) is 2. The van der Waals surface area contributed by atoms with Crippen molar-refractivity contribution in [3.8, 4) is 33.8 Å². The number of benzene rings is 1. The molecule has 0 aliphatic carbocycles. The summed E-state index contributed by atoms with van der Waals surface area (Å²) in [6.07, 6.45) is 7.12. The highest BCUT2D eigenvalue weighted by Crippen LogP contribution is 2.40. The van der Waals surface area contributed by atoms with Gasteiger partial charge >= 0.3 is 0 Å². The van der Waals surface area contributed by atoms with Gasteiger partial charge in [-0.1, -0.05) is 0 Å². The molecule has 0 unspecified atom stereocenters. The third kappa shape index (κ3) is 3.38. The molecule has 0 aliphatic rings. The highest BCUT2D eigenvalue weighted by Gasteiger charge is 2.15. The fourth-order valence-corrected chi connectivity index (χ4v) is 2.62. The quantitative estimate of drug-likeness (QED) is 0.665. The lowest BCUT2D eigenvalue weighted by molar-refractivity contribution is 0.333. The predicted molar refractivity (Wildman–Crippen MR) is 95.2 cm³/mol. The fourth-order valence-electron chi connectivity index (χ4n) is 2.62. The van der Waals surface area contributed by atoms with Crippen LogP contribution in [-0.2, 0) is 0 Å². The molecule has 3 rings (SSSR count). The Hall–Kier alpha value is -2.88. The molecule has 0 saturated heterocycles. The van der Waals surface area contributed by atoms with Crippen molar-refractivity contribution in [2.24, 2.45) is 0 Å². The van der Waals surface area contributed by atoms with Crippen molar-refractivity contribution in [1.82, 2.24) is 9.97 Å². The third-order valence-corrected chi connectivity index (χ3v) is 3.66. The van der Waals surface area contributed by atoms with Gasteiger partial charge in [0.15, 0.2) is 0 Å². The fraction of sp³-hybridized carbons (Fsp3) is 0.200. The number of hydrogen-bond acceptors (Lipinski definition) is 4. The van der Waals surface area contributed by atoms with Gasteiger partial charge in [-0.3, -0.25) is 9.97 Å². The van der Waals surface area contributed by atoms with Crippen LogP contribution >= 0.6 is 0 Å². The van der Waals surface area contributed by atoms with E-state index in [1.54, 1.807) is 24.8 Å². The van der Waals surface area contributed by atoms with Crippen molar-refractivity contribution in [3.05, 3.63) is 61.2 Å². The minimum absolute atomic E-state index is 0.599. The molecule has 0 N–H and O–H groups in total. The van der Waals surface area contributed by atoms with Crippen LogP contribution in [0, 0.1) is 0 Å². The zero-order chi connectivity index (χ0) is 16.8. The van der Waals surface area contributed by atoms with Gasteiger partial charge in [-0.2, -0.15) is 0 Å². The van der Waals surface area contributed by atoms with Crippen molar-refractivity contribution in [2.75, 3.05) is 13.2 Å². The van der Waals surface area contributed by atoms with Gasteiger partial charge in [0.05, 0.1) is 13.2 Å². The second-order valence-electron chi connectivity index (χ2n) is 5.18. The van der Waals surface area contributed by atoms with Crippen LogP contribution in [0.15, 0.2) is 61.2 Å². The van der Waals surface area contributed by atoms with E-state index in [0.717, 1.165) is 33.8 Å². The van der Waals surface area contributed by atoms with Crippen molar-refractivity contribution >= 4 is 0 Å². The first-order chi connectivity index (χ1) is 11.8. The van der Waals surface area contributed by atoms with E-state index < -0.39 is 0 Å². The van der Waals surface area contributed by atoms with Gasteiger partial charge < -0.3 is 9.47 Å². The zero-order valence-electron chi connectivity index (χ0n) is 13.9. The molecule has 0 bridgehead atoms. The molecule has 4 nitrogen and oxygen atoms in total. The second kappa shape index (κ2) is 7.59. The average molecular weight is 320 g/mol. The first-order valence-electron chi connectivity index (χ1n) is 8.08. The SMILES string of the molecule is CCOc1cc(-c2ccncc2)c(OCC)cc1-c1ccncc1. The van der Waals surface area contributed by atoms with E-state index in [9.17, 15) is 0 Å². The van der Waals surface area contributed by atoms with Gasteiger partial charge in [0.2, 0.25) is 0 Å². The van der Waals surface area contributed by atoms with Gasteiger partial charge in [-0.05, 0) is 61.4 Å². The van der Waals surface area contributed by atoms with Crippen LogP contribution in [0.5, 0.6) is 11.5 Å². The Morgan fingerprint density at radius 2 is 1.04 bits per heavy atom. The Morgan fingerprint density at radius 1 is 0.667 bits per heavy atom. The third-order valence-electron chi connectivity index (χ3n) is 3.66. The Morgan fingerprint density at radius 3 is 1.38 bits per heavy atom. The molecule has 24 heavy (non-hydrogen) atoms. The maximum atomic E-state index is 5.90. The predicted octanol–water partition coefficient (Wildman–Crippen LogP) is 4.61. The molecule has 1 aromatic carbocycles. The molecule has 3 aromatic rings. The molecule has 2 aromatic heterocycles. The smallest absolute Gasteiger partial charge is 0.127 e. The van der Waals surface area contributed by atoms with E-state index in [4.69, 9.17) is 9.47 Å². The van der Waals surface area contributed by atoms with Crippen molar-refractivity contribution in [3.63, 3.8) is 0 Å². The molecular weight excluding hydrogens is 300 g/mol. The first-order valence-corrected chi connectivity index (χ1v) is 8.08. The topological polar surface area (TPSA) is 44.2 Å². The minimum atomic E-state index is 0.599. The van der Waals surface area contributed by atoms with Crippen LogP contribution in [0.1, 0.15) is 13.8 Å². The molecular formula is C20H20N2O2.